The zero-order valence-electron chi connectivity index (χ0n) is 12.2. The molecule has 0 spiro atoms. The highest BCUT2D eigenvalue weighted by Gasteiger charge is 2.24. The molecule has 2 rings (SSSR count). The number of thiophene rings is 1. The predicted octanol–water partition coefficient (Wildman–Crippen LogP) is 3.20. The van der Waals surface area contributed by atoms with Crippen molar-refractivity contribution in [2.45, 2.75) is 31.8 Å². The van der Waals surface area contributed by atoms with Gasteiger partial charge in [0.1, 0.15) is 0 Å². The number of nitrogens with one attached hydrogen (secondary N) is 1. The Kier molecular flexibility index (Phi) is 5.29. The summed E-state index contributed by atoms with van der Waals surface area (Å²) in [6.07, 6.45) is 2.01. The number of carbonyl (C=O) groups is 1. The zero-order chi connectivity index (χ0) is 14.7. The van der Waals surface area contributed by atoms with E-state index in [-0.39, 0.29) is 6.03 Å². The van der Waals surface area contributed by atoms with Gasteiger partial charge in [-0.3, -0.25) is 0 Å². The van der Waals surface area contributed by atoms with Gasteiger partial charge in [-0.25, -0.2) is 4.79 Å². The summed E-state index contributed by atoms with van der Waals surface area (Å²) in [7, 11) is 3.60. The number of amides is 2. The molecule has 20 heavy (non-hydrogen) atoms. The van der Waals surface area contributed by atoms with Gasteiger partial charge in [0.25, 0.3) is 0 Å². The van der Waals surface area contributed by atoms with Crippen LogP contribution in [0.1, 0.15) is 30.7 Å². The van der Waals surface area contributed by atoms with Crippen LogP contribution in [0.4, 0.5) is 4.79 Å². The molecule has 1 aliphatic rings. The summed E-state index contributed by atoms with van der Waals surface area (Å²) in [6, 6.07) is 4.92. The Morgan fingerprint density at radius 2 is 2.10 bits per heavy atom. The average Bonchev–Trinajstić information content (AvgIpc) is 2.85. The van der Waals surface area contributed by atoms with Crippen LogP contribution < -0.4 is 5.32 Å². The van der Waals surface area contributed by atoms with Crippen molar-refractivity contribution in [1.82, 2.24) is 15.1 Å². The molecule has 0 aromatic carbocycles. The van der Waals surface area contributed by atoms with Crippen LogP contribution in [0, 0.1) is 0 Å². The van der Waals surface area contributed by atoms with Gasteiger partial charge in [-0.2, -0.15) is 0 Å². The molecule has 0 saturated carbocycles. The number of hydrogen-bond acceptors (Lipinski definition) is 3. The third kappa shape index (κ3) is 3.87. The molecule has 2 heterocycles. The van der Waals surface area contributed by atoms with Gasteiger partial charge in [0.2, 0.25) is 0 Å². The standard InChI is InChI=1S/C14H22ClN3OS/c1-10(12-4-5-13(15)20-12)16-11-6-8-18(9-7-11)14(19)17(2)3/h4-5,10-11,16H,6-9H2,1-3H3. The minimum atomic E-state index is 0.113. The van der Waals surface area contributed by atoms with E-state index in [4.69, 9.17) is 11.6 Å². The molecule has 1 aromatic rings. The topological polar surface area (TPSA) is 35.6 Å². The van der Waals surface area contributed by atoms with Crippen LogP contribution in [0.5, 0.6) is 0 Å². The van der Waals surface area contributed by atoms with Crippen molar-refractivity contribution < 1.29 is 4.79 Å². The van der Waals surface area contributed by atoms with E-state index in [1.165, 1.54) is 4.88 Å². The molecule has 1 fully saturated rings. The molecule has 1 N–H and O–H groups in total. The zero-order valence-corrected chi connectivity index (χ0v) is 13.8. The summed E-state index contributed by atoms with van der Waals surface area (Å²) in [5, 5.41) is 3.64. The third-order valence-electron chi connectivity index (χ3n) is 3.65. The second-order valence-corrected chi connectivity index (χ2v) is 7.22. The minimum Gasteiger partial charge on any atom is -0.331 e. The van der Waals surface area contributed by atoms with Gasteiger partial charge in [0.15, 0.2) is 0 Å². The van der Waals surface area contributed by atoms with Gasteiger partial charge < -0.3 is 15.1 Å². The van der Waals surface area contributed by atoms with E-state index in [9.17, 15) is 4.79 Å². The SMILES string of the molecule is CC(NC1CCN(C(=O)N(C)C)CC1)c1ccc(Cl)s1. The maximum Gasteiger partial charge on any atom is 0.319 e. The van der Waals surface area contributed by atoms with E-state index in [2.05, 4.69) is 18.3 Å². The highest BCUT2D eigenvalue weighted by atomic mass is 35.5. The number of hydrogen-bond donors (Lipinski definition) is 1. The van der Waals surface area contributed by atoms with Crippen LogP contribution in [-0.4, -0.2) is 49.1 Å². The monoisotopic (exact) mass is 315 g/mol. The molecule has 2 amide bonds. The van der Waals surface area contributed by atoms with Crippen LogP contribution in [0.25, 0.3) is 0 Å². The smallest absolute Gasteiger partial charge is 0.319 e. The number of urea groups is 1. The second-order valence-electron chi connectivity index (χ2n) is 5.47. The van der Waals surface area contributed by atoms with Gasteiger partial charge in [-0.1, -0.05) is 11.6 Å². The fourth-order valence-electron chi connectivity index (χ4n) is 2.52. The molecule has 0 aliphatic carbocycles. The maximum atomic E-state index is 11.9. The first-order valence-electron chi connectivity index (χ1n) is 6.95. The predicted molar refractivity (Wildman–Crippen MR) is 84.6 cm³/mol. The minimum absolute atomic E-state index is 0.113. The van der Waals surface area contributed by atoms with Gasteiger partial charge in [-0.15, -0.1) is 11.3 Å². The highest BCUT2D eigenvalue weighted by Crippen LogP contribution is 2.27. The van der Waals surface area contributed by atoms with Crippen molar-refractivity contribution in [3.05, 3.63) is 21.3 Å². The van der Waals surface area contributed by atoms with E-state index in [1.54, 1.807) is 30.3 Å². The fourth-order valence-corrected chi connectivity index (χ4v) is 3.59. The van der Waals surface area contributed by atoms with E-state index in [1.807, 2.05) is 11.0 Å². The second kappa shape index (κ2) is 6.78. The van der Waals surface area contributed by atoms with Gasteiger partial charge in [-0.05, 0) is 31.9 Å². The summed E-state index contributed by atoms with van der Waals surface area (Å²) in [6.45, 7) is 3.82. The van der Waals surface area contributed by atoms with Crippen LogP contribution in [-0.2, 0) is 0 Å². The first kappa shape index (κ1) is 15.6. The van der Waals surface area contributed by atoms with Gasteiger partial charge in [0.05, 0.1) is 4.34 Å². The first-order chi connectivity index (χ1) is 9.47. The Labute approximate surface area is 129 Å². The number of halogens is 1. The lowest BCUT2D eigenvalue weighted by Crippen LogP contribution is -2.48. The molecule has 1 saturated heterocycles. The summed E-state index contributed by atoms with van der Waals surface area (Å²) in [5.74, 6) is 0. The van der Waals surface area contributed by atoms with E-state index < -0.39 is 0 Å². The third-order valence-corrected chi connectivity index (χ3v) is 5.07. The Morgan fingerprint density at radius 1 is 1.45 bits per heavy atom. The molecule has 0 radical (unpaired) electrons. The van der Waals surface area contributed by atoms with Crippen LogP contribution in [0.2, 0.25) is 4.34 Å². The van der Waals surface area contributed by atoms with Crippen molar-refractivity contribution in [1.29, 1.82) is 0 Å². The van der Waals surface area contributed by atoms with Crippen molar-refractivity contribution in [2.24, 2.45) is 0 Å². The summed E-state index contributed by atoms with van der Waals surface area (Å²) in [4.78, 5) is 16.7. The molecule has 1 aromatic heterocycles. The summed E-state index contributed by atoms with van der Waals surface area (Å²) in [5.41, 5.74) is 0. The van der Waals surface area contributed by atoms with Crippen molar-refractivity contribution >= 4 is 29.0 Å². The average molecular weight is 316 g/mol. The van der Waals surface area contributed by atoms with E-state index in [0.29, 0.717) is 12.1 Å². The lowest BCUT2D eigenvalue weighted by atomic mass is 10.0. The lowest BCUT2D eigenvalue weighted by Gasteiger charge is -2.35. The number of piperidine rings is 1. The molecular weight excluding hydrogens is 294 g/mol. The number of nitrogens with zero attached hydrogens (tertiary/aromatic N) is 2. The van der Waals surface area contributed by atoms with Crippen LogP contribution >= 0.6 is 22.9 Å². The number of carbonyl (C=O) groups excluding carboxylic acids is 1. The summed E-state index contributed by atoms with van der Waals surface area (Å²) < 4.78 is 0.833. The largest absolute Gasteiger partial charge is 0.331 e. The van der Waals surface area contributed by atoms with Crippen LogP contribution in [0.15, 0.2) is 12.1 Å². The molecular formula is C14H22ClN3OS. The van der Waals surface area contributed by atoms with Crippen molar-refractivity contribution in [2.75, 3.05) is 27.2 Å². The normalized spacial score (nSPS) is 18.1. The molecule has 1 unspecified atom stereocenters. The number of rotatable bonds is 3. The molecule has 1 atom stereocenters. The van der Waals surface area contributed by atoms with Gasteiger partial charge in [0, 0.05) is 44.1 Å². The maximum absolute atomic E-state index is 11.9. The molecule has 112 valence electrons. The van der Waals surface area contributed by atoms with E-state index in [0.717, 1.165) is 30.3 Å². The Bertz CT molecular complexity index is 455. The van der Waals surface area contributed by atoms with Crippen molar-refractivity contribution in [3.63, 3.8) is 0 Å². The molecule has 6 heteroatoms. The van der Waals surface area contributed by atoms with Crippen molar-refractivity contribution in [3.8, 4) is 0 Å². The molecule has 0 bridgehead atoms. The highest BCUT2D eigenvalue weighted by molar-refractivity contribution is 7.16. The van der Waals surface area contributed by atoms with Crippen LogP contribution in [0.3, 0.4) is 0 Å². The van der Waals surface area contributed by atoms with E-state index >= 15 is 0 Å². The Balaban J connectivity index is 1.81. The quantitative estimate of drug-likeness (QED) is 0.929. The Morgan fingerprint density at radius 3 is 2.60 bits per heavy atom. The molecule has 4 nitrogen and oxygen atoms in total. The fraction of sp³-hybridized carbons (Fsp3) is 0.643. The van der Waals surface area contributed by atoms with Gasteiger partial charge >= 0.3 is 6.03 Å². The molecule has 1 aliphatic heterocycles. The Hall–Kier alpha value is -0.780. The summed E-state index contributed by atoms with van der Waals surface area (Å²) >= 11 is 7.60. The first-order valence-corrected chi connectivity index (χ1v) is 8.14. The number of likely N-dealkylation sites (tertiary alicyclic amines) is 1. The lowest BCUT2D eigenvalue weighted by molar-refractivity contribution is 0.151.